The van der Waals surface area contributed by atoms with E-state index in [1.165, 1.54) is 0 Å². The second-order valence-corrected chi connectivity index (χ2v) is 2.44. The third kappa shape index (κ3) is 6.28. The van der Waals surface area contributed by atoms with Crippen LogP contribution < -0.4 is 47.7 Å². The third-order valence-corrected chi connectivity index (χ3v) is 1.48. The Bertz CT molecular complexity index is 152. The standard InChI is InChI=1S/C6H13NO5.ClH.Na/c7-3(1-8)5(11)6(12)4(10)2-9;;/h1,3-6,9-12H,2,7H2;1H;/q;;+1/p-1/t3-,4+,5+,6+;;/m0../s1. The van der Waals surface area contributed by atoms with Crippen LogP contribution in [0.5, 0.6) is 0 Å². The summed E-state index contributed by atoms with van der Waals surface area (Å²) < 4.78 is 0. The second kappa shape index (κ2) is 10.3. The zero-order chi connectivity index (χ0) is 9.72. The normalized spacial score (nSPS) is 18.1. The average molecular weight is 238 g/mol. The number of carbonyl (C=O) groups excluding carboxylic acids is 1. The quantitative estimate of drug-likeness (QED) is 0.239. The van der Waals surface area contributed by atoms with Crippen LogP contribution in [0.3, 0.4) is 0 Å². The Morgan fingerprint density at radius 2 is 1.64 bits per heavy atom. The number of aldehydes is 1. The molecule has 0 aliphatic rings. The number of aliphatic hydroxyl groups excluding tert-OH is 4. The fourth-order valence-electron chi connectivity index (χ4n) is 0.644. The van der Waals surface area contributed by atoms with E-state index in [4.69, 9.17) is 26.2 Å². The summed E-state index contributed by atoms with van der Waals surface area (Å²) in [7, 11) is 0. The van der Waals surface area contributed by atoms with Crippen LogP contribution in [0.25, 0.3) is 0 Å². The molecule has 0 spiro atoms. The SMILES string of the molecule is N[C@@H](C=O)[C@@H](O)[C@H](O)[C@H](O)CO.[Cl-].[Na+]. The molecule has 0 saturated heterocycles. The monoisotopic (exact) mass is 237 g/mol. The van der Waals surface area contributed by atoms with Crippen molar-refractivity contribution >= 4 is 6.29 Å². The average Bonchev–Trinajstić information content (AvgIpc) is 2.12. The first-order valence-electron chi connectivity index (χ1n) is 3.40. The summed E-state index contributed by atoms with van der Waals surface area (Å²) in [5, 5.41) is 35.2. The van der Waals surface area contributed by atoms with Crippen molar-refractivity contribution in [1.82, 2.24) is 0 Å². The van der Waals surface area contributed by atoms with E-state index < -0.39 is 31.0 Å². The number of halogens is 1. The predicted octanol–water partition coefficient (Wildman–Crippen LogP) is -9.40. The third-order valence-electron chi connectivity index (χ3n) is 1.48. The zero-order valence-electron chi connectivity index (χ0n) is 7.75. The molecule has 0 amide bonds. The molecule has 0 aliphatic carbocycles. The Hall–Kier alpha value is 0.760. The van der Waals surface area contributed by atoms with Crippen LogP contribution in [0.15, 0.2) is 0 Å². The Morgan fingerprint density at radius 3 is 1.93 bits per heavy atom. The Morgan fingerprint density at radius 1 is 1.21 bits per heavy atom. The number of nitrogens with two attached hydrogens (primary N) is 1. The summed E-state index contributed by atoms with van der Waals surface area (Å²) in [6.45, 7) is -0.705. The van der Waals surface area contributed by atoms with Crippen molar-refractivity contribution in [2.24, 2.45) is 5.73 Å². The van der Waals surface area contributed by atoms with Gasteiger partial charge in [-0.05, 0) is 0 Å². The van der Waals surface area contributed by atoms with Gasteiger partial charge in [0, 0.05) is 0 Å². The van der Waals surface area contributed by atoms with Crippen LogP contribution in [0.1, 0.15) is 0 Å². The number of aliphatic hydroxyl groups is 4. The Kier molecular flexibility index (Phi) is 14.8. The summed E-state index contributed by atoms with van der Waals surface area (Å²) in [4.78, 5) is 10.0. The molecule has 8 heteroatoms. The minimum Gasteiger partial charge on any atom is -1.00 e. The summed E-state index contributed by atoms with van der Waals surface area (Å²) in [5.41, 5.74) is 5.04. The molecule has 80 valence electrons. The van der Waals surface area contributed by atoms with E-state index in [-0.39, 0.29) is 48.3 Å². The molecule has 0 aromatic heterocycles. The molecular weight excluding hydrogens is 225 g/mol. The van der Waals surface area contributed by atoms with Gasteiger partial charge in [0.25, 0.3) is 0 Å². The first kappa shape index (κ1) is 20.2. The van der Waals surface area contributed by atoms with Gasteiger partial charge in [-0.25, -0.2) is 0 Å². The van der Waals surface area contributed by atoms with Gasteiger partial charge >= 0.3 is 29.6 Å². The van der Waals surface area contributed by atoms with Crippen LogP contribution in [0.4, 0.5) is 0 Å². The minimum atomic E-state index is -1.62. The summed E-state index contributed by atoms with van der Waals surface area (Å²) >= 11 is 0. The molecule has 0 aromatic rings. The largest absolute Gasteiger partial charge is 1.00 e. The number of hydrogen-bond acceptors (Lipinski definition) is 6. The van der Waals surface area contributed by atoms with Crippen LogP contribution in [-0.4, -0.2) is 57.7 Å². The van der Waals surface area contributed by atoms with E-state index >= 15 is 0 Å². The number of rotatable bonds is 5. The molecule has 0 aliphatic heterocycles. The van der Waals surface area contributed by atoms with E-state index in [1.807, 2.05) is 0 Å². The molecule has 6 nitrogen and oxygen atoms in total. The Labute approximate surface area is 110 Å². The molecule has 4 atom stereocenters. The molecule has 0 radical (unpaired) electrons. The van der Waals surface area contributed by atoms with Gasteiger partial charge in [-0.1, -0.05) is 0 Å². The van der Waals surface area contributed by atoms with E-state index in [1.54, 1.807) is 0 Å². The Balaban J connectivity index is -0.000000605. The maximum absolute atomic E-state index is 10.0. The smallest absolute Gasteiger partial charge is 1.00 e. The van der Waals surface area contributed by atoms with E-state index in [0.717, 1.165) is 0 Å². The fraction of sp³-hybridized carbons (Fsp3) is 0.833. The summed E-state index contributed by atoms with van der Waals surface area (Å²) in [5.74, 6) is 0. The molecule has 0 aromatic carbocycles. The van der Waals surface area contributed by atoms with Crippen LogP contribution in [-0.2, 0) is 4.79 Å². The minimum absolute atomic E-state index is 0. The second-order valence-electron chi connectivity index (χ2n) is 2.44. The van der Waals surface area contributed by atoms with Gasteiger partial charge in [0.15, 0.2) is 0 Å². The van der Waals surface area contributed by atoms with Crippen molar-refractivity contribution in [3.8, 4) is 0 Å². The van der Waals surface area contributed by atoms with Gasteiger partial charge < -0.3 is 43.4 Å². The first-order chi connectivity index (χ1) is 5.54. The molecule has 0 heterocycles. The summed E-state index contributed by atoms with van der Waals surface area (Å²) in [6, 6.07) is -1.26. The van der Waals surface area contributed by atoms with Gasteiger partial charge in [0.1, 0.15) is 24.6 Å². The van der Waals surface area contributed by atoms with Crippen molar-refractivity contribution in [3.63, 3.8) is 0 Å². The predicted molar refractivity (Wildman–Crippen MR) is 39.1 cm³/mol. The van der Waals surface area contributed by atoms with E-state index in [2.05, 4.69) is 0 Å². The fourth-order valence-corrected chi connectivity index (χ4v) is 0.644. The van der Waals surface area contributed by atoms with E-state index in [0.29, 0.717) is 0 Å². The van der Waals surface area contributed by atoms with Crippen molar-refractivity contribution in [2.45, 2.75) is 24.4 Å². The van der Waals surface area contributed by atoms with Crippen LogP contribution in [0, 0.1) is 0 Å². The topological polar surface area (TPSA) is 124 Å². The first-order valence-corrected chi connectivity index (χ1v) is 3.40. The van der Waals surface area contributed by atoms with Crippen molar-refractivity contribution in [2.75, 3.05) is 6.61 Å². The van der Waals surface area contributed by atoms with Gasteiger partial charge in [-0.2, -0.15) is 0 Å². The molecule has 0 rings (SSSR count). The van der Waals surface area contributed by atoms with Gasteiger partial charge in [0.2, 0.25) is 0 Å². The molecule has 0 fully saturated rings. The molecule has 14 heavy (non-hydrogen) atoms. The molecule has 0 saturated carbocycles. The molecule has 0 unspecified atom stereocenters. The number of hydrogen-bond donors (Lipinski definition) is 5. The van der Waals surface area contributed by atoms with Gasteiger partial charge in [0.05, 0.1) is 12.6 Å². The van der Waals surface area contributed by atoms with Gasteiger partial charge in [-0.15, -0.1) is 0 Å². The van der Waals surface area contributed by atoms with Crippen molar-refractivity contribution in [1.29, 1.82) is 0 Å². The molecular formula is C6H13ClNNaO5. The van der Waals surface area contributed by atoms with Crippen molar-refractivity contribution in [3.05, 3.63) is 0 Å². The van der Waals surface area contributed by atoms with Crippen LogP contribution >= 0.6 is 0 Å². The van der Waals surface area contributed by atoms with Gasteiger partial charge in [-0.3, -0.25) is 0 Å². The van der Waals surface area contributed by atoms with Crippen molar-refractivity contribution < 1.29 is 67.2 Å². The maximum Gasteiger partial charge on any atom is 1.00 e. The van der Waals surface area contributed by atoms with Crippen LogP contribution in [0.2, 0.25) is 0 Å². The maximum atomic E-state index is 10.0. The zero-order valence-corrected chi connectivity index (χ0v) is 10.5. The van der Waals surface area contributed by atoms with E-state index in [9.17, 15) is 4.79 Å². The number of carbonyl (C=O) groups is 1. The molecule has 6 N–H and O–H groups in total. The molecule has 0 bridgehead atoms. The summed E-state index contributed by atoms with van der Waals surface area (Å²) in [6.07, 6.45) is -4.43.